The van der Waals surface area contributed by atoms with Crippen molar-refractivity contribution in [1.82, 2.24) is 15.0 Å². The molecule has 8 aromatic carbocycles. The highest BCUT2D eigenvalue weighted by atomic mass is 15.0. The zero-order valence-corrected chi connectivity index (χ0v) is 26.1. The van der Waals surface area contributed by atoms with Gasteiger partial charge in [0, 0.05) is 22.1 Å². The number of fused-ring (bicyclic) bond motifs is 6. The Kier molecular flexibility index (Phi) is 6.80. The Labute approximate surface area is 278 Å². The minimum absolute atomic E-state index is 0.641. The lowest BCUT2D eigenvalue weighted by Gasteiger charge is -2.17. The largest absolute Gasteiger partial charge is 0.208 e. The lowest BCUT2D eigenvalue weighted by atomic mass is 9.88. The predicted molar refractivity (Wildman–Crippen MR) is 200 cm³/mol. The van der Waals surface area contributed by atoms with Gasteiger partial charge in [-0.2, -0.15) is 0 Å². The average molecular weight is 612 g/mol. The van der Waals surface area contributed by atoms with Crippen molar-refractivity contribution < 1.29 is 0 Å². The van der Waals surface area contributed by atoms with Crippen LogP contribution in [-0.4, -0.2) is 15.0 Å². The molecule has 0 aliphatic heterocycles. The highest BCUT2D eigenvalue weighted by Crippen LogP contribution is 2.42. The summed E-state index contributed by atoms with van der Waals surface area (Å²) in [6, 6.07) is 61.6. The van der Waals surface area contributed by atoms with E-state index in [-0.39, 0.29) is 0 Å². The molecule has 0 saturated carbocycles. The maximum atomic E-state index is 5.25. The van der Waals surface area contributed by atoms with Gasteiger partial charge in [0.1, 0.15) is 0 Å². The first kappa shape index (κ1) is 27.8. The average Bonchev–Trinajstić information content (AvgIpc) is 3.18. The normalized spacial score (nSPS) is 11.3. The monoisotopic (exact) mass is 611 g/mol. The van der Waals surface area contributed by atoms with Gasteiger partial charge < -0.3 is 0 Å². The van der Waals surface area contributed by atoms with Crippen LogP contribution in [0, 0.1) is 0 Å². The quantitative estimate of drug-likeness (QED) is 0.182. The van der Waals surface area contributed by atoms with E-state index in [4.69, 9.17) is 15.0 Å². The fourth-order valence-corrected chi connectivity index (χ4v) is 6.79. The van der Waals surface area contributed by atoms with Gasteiger partial charge in [-0.1, -0.05) is 164 Å². The molecule has 3 heteroatoms. The Bertz CT molecular complexity index is 2580. The molecule has 9 rings (SSSR count). The van der Waals surface area contributed by atoms with E-state index < -0.39 is 0 Å². The molecule has 3 nitrogen and oxygen atoms in total. The van der Waals surface area contributed by atoms with Crippen LogP contribution in [-0.2, 0) is 0 Å². The molecular formula is C45H29N3. The molecule has 0 saturated heterocycles. The minimum Gasteiger partial charge on any atom is -0.208 e. The molecule has 0 radical (unpaired) electrons. The van der Waals surface area contributed by atoms with Gasteiger partial charge in [-0.15, -0.1) is 0 Å². The van der Waals surface area contributed by atoms with Gasteiger partial charge in [0.2, 0.25) is 0 Å². The molecule has 0 atom stereocenters. The van der Waals surface area contributed by atoms with Crippen molar-refractivity contribution in [2.45, 2.75) is 0 Å². The summed E-state index contributed by atoms with van der Waals surface area (Å²) in [7, 11) is 0. The van der Waals surface area contributed by atoms with E-state index in [0.717, 1.165) is 38.8 Å². The molecule has 0 amide bonds. The molecule has 0 unspecified atom stereocenters. The van der Waals surface area contributed by atoms with Crippen molar-refractivity contribution in [2.24, 2.45) is 0 Å². The summed E-state index contributed by atoms with van der Waals surface area (Å²) in [5.41, 5.74) is 7.46. The van der Waals surface area contributed by atoms with Gasteiger partial charge in [0.05, 0.1) is 0 Å². The van der Waals surface area contributed by atoms with Crippen LogP contribution in [0.1, 0.15) is 0 Å². The van der Waals surface area contributed by atoms with Gasteiger partial charge in [-0.05, 0) is 61.3 Å². The van der Waals surface area contributed by atoms with E-state index in [1.54, 1.807) is 0 Å². The Morgan fingerprint density at radius 3 is 1.21 bits per heavy atom. The van der Waals surface area contributed by atoms with Crippen LogP contribution in [0.15, 0.2) is 176 Å². The smallest absolute Gasteiger partial charge is 0.164 e. The van der Waals surface area contributed by atoms with Crippen molar-refractivity contribution in [2.75, 3.05) is 0 Å². The third-order valence-electron chi connectivity index (χ3n) is 9.11. The van der Waals surface area contributed by atoms with E-state index in [1.807, 2.05) is 24.3 Å². The Morgan fingerprint density at radius 2 is 0.625 bits per heavy atom. The molecular weight excluding hydrogens is 583 g/mol. The van der Waals surface area contributed by atoms with Gasteiger partial charge in [0.25, 0.3) is 0 Å². The fraction of sp³-hybridized carbons (Fsp3) is 0. The summed E-state index contributed by atoms with van der Waals surface area (Å²) in [5, 5.41) is 7.14. The molecule has 224 valence electrons. The molecule has 1 aromatic heterocycles. The summed E-state index contributed by atoms with van der Waals surface area (Å²) < 4.78 is 0. The lowest BCUT2D eigenvalue weighted by Crippen LogP contribution is -2.01. The van der Waals surface area contributed by atoms with Gasteiger partial charge in [-0.3, -0.25) is 0 Å². The third kappa shape index (κ3) is 4.90. The molecule has 9 aromatic rings. The summed E-state index contributed by atoms with van der Waals surface area (Å²) >= 11 is 0. The zero-order valence-electron chi connectivity index (χ0n) is 26.1. The highest BCUT2D eigenvalue weighted by Gasteiger charge is 2.19. The first-order chi connectivity index (χ1) is 23.8. The second-order valence-corrected chi connectivity index (χ2v) is 12.0. The lowest BCUT2D eigenvalue weighted by molar-refractivity contribution is 1.08. The summed E-state index contributed by atoms with van der Waals surface area (Å²) in [6.45, 7) is 0. The second kappa shape index (κ2) is 11.7. The molecule has 0 spiro atoms. The zero-order chi connectivity index (χ0) is 31.9. The molecule has 1 heterocycles. The Hall–Kier alpha value is -6.45. The number of hydrogen-bond donors (Lipinski definition) is 0. The molecule has 0 fully saturated rings. The molecule has 0 N–H and O–H groups in total. The molecule has 48 heavy (non-hydrogen) atoms. The first-order valence-electron chi connectivity index (χ1n) is 16.2. The number of aromatic nitrogens is 3. The summed E-state index contributed by atoms with van der Waals surface area (Å²) in [6.07, 6.45) is 0. The van der Waals surface area contributed by atoms with Crippen LogP contribution in [0.5, 0.6) is 0 Å². The van der Waals surface area contributed by atoms with E-state index in [0.29, 0.717) is 17.5 Å². The fourth-order valence-electron chi connectivity index (χ4n) is 6.79. The number of hydrogen-bond acceptors (Lipinski definition) is 3. The van der Waals surface area contributed by atoms with E-state index in [2.05, 4.69) is 152 Å². The van der Waals surface area contributed by atoms with Crippen molar-refractivity contribution in [3.05, 3.63) is 176 Å². The van der Waals surface area contributed by atoms with Gasteiger partial charge in [0.15, 0.2) is 17.5 Å². The SMILES string of the molecule is c1ccc(-c2ccc(-c3nc(-c4ccccc4)nc(-c4cc(-c5ccccc5)cc5c6ccccc6c6ccccc6c45)n3)cc2)cc1. The van der Waals surface area contributed by atoms with Crippen LogP contribution in [0.2, 0.25) is 0 Å². The minimum atomic E-state index is 0.641. The molecule has 0 aliphatic carbocycles. The van der Waals surface area contributed by atoms with E-state index in [1.165, 1.54) is 32.5 Å². The number of nitrogens with zero attached hydrogens (tertiary/aromatic N) is 3. The van der Waals surface area contributed by atoms with Crippen molar-refractivity contribution in [1.29, 1.82) is 0 Å². The van der Waals surface area contributed by atoms with Crippen LogP contribution >= 0.6 is 0 Å². The Morgan fingerprint density at radius 1 is 0.250 bits per heavy atom. The van der Waals surface area contributed by atoms with Crippen LogP contribution in [0.4, 0.5) is 0 Å². The van der Waals surface area contributed by atoms with Crippen LogP contribution in [0.3, 0.4) is 0 Å². The van der Waals surface area contributed by atoms with E-state index >= 15 is 0 Å². The topological polar surface area (TPSA) is 38.7 Å². The van der Waals surface area contributed by atoms with Crippen LogP contribution < -0.4 is 0 Å². The third-order valence-corrected chi connectivity index (χ3v) is 9.11. The van der Waals surface area contributed by atoms with Crippen molar-refractivity contribution in [3.8, 4) is 56.4 Å². The molecule has 0 bridgehead atoms. The van der Waals surface area contributed by atoms with Crippen molar-refractivity contribution >= 4 is 32.3 Å². The second-order valence-electron chi connectivity index (χ2n) is 12.0. The van der Waals surface area contributed by atoms with Crippen LogP contribution in [0.25, 0.3) is 88.7 Å². The first-order valence-corrected chi connectivity index (χ1v) is 16.2. The maximum absolute atomic E-state index is 5.25. The van der Waals surface area contributed by atoms with E-state index in [9.17, 15) is 0 Å². The maximum Gasteiger partial charge on any atom is 0.164 e. The van der Waals surface area contributed by atoms with Gasteiger partial charge >= 0.3 is 0 Å². The molecule has 0 aliphatic rings. The highest BCUT2D eigenvalue weighted by molar-refractivity contribution is 6.28. The summed E-state index contributed by atoms with van der Waals surface area (Å²) in [4.78, 5) is 15.5. The standard InChI is InChI=1S/C45H29N3/c1-4-14-30(15-5-1)32-24-26-34(27-25-32)44-46-43(33-18-8-3-9-19-33)47-45(48-44)41-29-35(31-16-6-2-7-17-31)28-40-38-22-11-10-20-36(38)37-21-12-13-23-39(37)42(40)41/h1-29H. The van der Waals surface area contributed by atoms with Crippen molar-refractivity contribution in [3.63, 3.8) is 0 Å². The Balaban J connectivity index is 1.35. The number of benzene rings is 8. The van der Waals surface area contributed by atoms with Gasteiger partial charge in [-0.25, -0.2) is 15.0 Å². The predicted octanol–water partition coefficient (Wildman–Crippen LogP) is 11.7. The number of rotatable bonds is 5. The summed E-state index contributed by atoms with van der Waals surface area (Å²) in [5.74, 6) is 1.93.